The van der Waals surface area contributed by atoms with Crippen LogP contribution in [0.1, 0.15) is 11.1 Å². The minimum absolute atomic E-state index is 0.223. The zero-order chi connectivity index (χ0) is 15.6. The van der Waals surface area contributed by atoms with Crippen LogP contribution in [0.25, 0.3) is 11.0 Å². The number of fused-ring (bicyclic) bond motifs is 1. The molecule has 0 bridgehead atoms. The predicted octanol–water partition coefficient (Wildman–Crippen LogP) is 2.45. The average Bonchev–Trinajstić information content (AvgIpc) is 2.98. The first kappa shape index (κ1) is 14.9. The Balaban J connectivity index is 1.81. The van der Waals surface area contributed by atoms with Gasteiger partial charge in [-0.1, -0.05) is 36.4 Å². The van der Waals surface area contributed by atoms with Gasteiger partial charge >= 0.3 is 0 Å². The molecule has 0 spiro atoms. The van der Waals surface area contributed by atoms with E-state index in [1.807, 2.05) is 49.4 Å². The van der Waals surface area contributed by atoms with Gasteiger partial charge in [-0.3, -0.25) is 4.72 Å². The molecule has 0 aliphatic rings. The summed E-state index contributed by atoms with van der Waals surface area (Å²) < 4.78 is 37.8. The lowest BCUT2D eigenvalue weighted by atomic mass is 10.2. The Bertz CT molecular complexity index is 892. The standard InChI is InChI=1S/C14H14N4O2S2/c1-10-7-8-12-14(17-21-16-12)13(10)18-22(19,20)15-9-11-5-3-2-4-6-11/h2-8,15,18H,9H2,1H3. The number of nitrogens with zero attached hydrogens (tertiary/aromatic N) is 2. The van der Waals surface area contributed by atoms with Gasteiger partial charge in [0.15, 0.2) is 0 Å². The highest BCUT2D eigenvalue weighted by Crippen LogP contribution is 2.26. The summed E-state index contributed by atoms with van der Waals surface area (Å²) in [5.41, 5.74) is 3.39. The molecule has 114 valence electrons. The van der Waals surface area contributed by atoms with Crippen molar-refractivity contribution in [2.24, 2.45) is 0 Å². The van der Waals surface area contributed by atoms with Gasteiger partial charge in [0.25, 0.3) is 10.2 Å². The molecule has 2 N–H and O–H groups in total. The SMILES string of the molecule is Cc1ccc2nsnc2c1NS(=O)(=O)NCc1ccccc1. The fraction of sp³-hybridized carbons (Fsp3) is 0.143. The molecule has 1 aromatic heterocycles. The van der Waals surface area contributed by atoms with E-state index in [-0.39, 0.29) is 6.54 Å². The van der Waals surface area contributed by atoms with Gasteiger partial charge in [0.2, 0.25) is 0 Å². The van der Waals surface area contributed by atoms with E-state index in [0.29, 0.717) is 16.7 Å². The molecule has 0 saturated heterocycles. The number of aryl methyl sites for hydroxylation is 1. The van der Waals surface area contributed by atoms with E-state index in [2.05, 4.69) is 18.2 Å². The smallest absolute Gasteiger partial charge is 0.268 e. The van der Waals surface area contributed by atoms with Gasteiger partial charge in [0.05, 0.1) is 17.4 Å². The molecule has 0 radical (unpaired) electrons. The molecule has 0 unspecified atom stereocenters. The Morgan fingerprint density at radius 3 is 2.64 bits per heavy atom. The number of rotatable bonds is 5. The van der Waals surface area contributed by atoms with Crippen molar-refractivity contribution < 1.29 is 8.42 Å². The van der Waals surface area contributed by atoms with Crippen molar-refractivity contribution in [2.75, 3.05) is 4.72 Å². The van der Waals surface area contributed by atoms with Gasteiger partial charge in [-0.05, 0) is 24.1 Å². The quantitative estimate of drug-likeness (QED) is 0.750. The molecule has 0 amide bonds. The highest BCUT2D eigenvalue weighted by Gasteiger charge is 2.15. The van der Waals surface area contributed by atoms with E-state index in [9.17, 15) is 8.42 Å². The van der Waals surface area contributed by atoms with Crippen LogP contribution in [-0.2, 0) is 16.8 Å². The van der Waals surface area contributed by atoms with Gasteiger partial charge in [-0.2, -0.15) is 21.9 Å². The van der Waals surface area contributed by atoms with Crippen LogP contribution in [0.5, 0.6) is 0 Å². The zero-order valence-corrected chi connectivity index (χ0v) is 13.4. The Morgan fingerprint density at radius 2 is 1.86 bits per heavy atom. The molecule has 0 aliphatic carbocycles. The van der Waals surface area contributed by atoms with E-state index in [0.717, 1.165) is 22.9 Å². The second kappa shape index (κ2) is 5.99. The number of aromatic nitrogens is 2. The highest BCUT2D eigenvalue weighted by atomic mass is 32.2. The largest absolute Gasteiger partial charge is 0.299 e. The van der Waals surface area contributed by atoms with Crippen LogP contribution < -0.4 is 9.44 Å². The summed E-state index contributed by atoms with van der Waals surface area (Å²) >= 11 is 1.06. The zero-order valence-electron chi connectivity index (χ0n) is 11.8. The number of anilines is 1. The maximum Gasteiger partial charge on any atom is 0.299 e. The molecule has 1 heterocycles. The van der Waals surface area contributed by atoms with Gasteiger partial charge < -0.3 is 0 Å². The monoisotopic (exact) mass is 334 g/mol. The van der Waals surface area contributed by atoms with Crippen LogP contribution in [0.3, 0.4) is 0 Å². The van der Waals surface area contributed by atoms with Crippen LogP contribution in [-0.4, -0.2) is 17.2 Å². The van der Waals surface area contributed by atoms with E-state index in [1.54, 1.807) is 0 Å². The first-order chi connectivity index (χ1) is 10.6. The summed E-state index contributed by atoms with van der Waals surface area (Å²) in [7, 11) is -3.69. The molecule has 2 aromatic carbocycles. The van der Waals surface area contributed by atoms with E-state index < -0.39 is 10.2 Å². The molecule has 0 aliphatic heterocycles. The average molecular weight is 334 g/mol. The fourth-order valence-corrected chi connectivity index (χ4v) is 3.52. The minimum atomic E-state index is -3.69. The van der Waals surface area contributed by atoms with Crippen molar-refractivity contribution in [3.63, 3.8) is 0 Å². The normalized spacial score (nSPS) is 11.7. The van der Waals surface area contributed by atoms with Gasteiger partial charge in [0.1, 0.15) is 11.0 Å². The number of nitrogens with one attached hydrogen (secondary N) is 2. The van der Waals surface area contributed by atoms with Gasteiger partial charge in [-0.15, -0.1) is 0 Å². The van der Waals surface area contributed by atoms with E-state index >= 15 is 0 Å². The van der Waals surface area contributed by atoms with Crippen LogP contribution >= 0.6 is 11.7 Å². The summed E-state index contributed by atoms with van der Waals surface area (Å²) in [4.78, 5) is 0. The summed E-state index contributed by atoms with van der Waals surface area (Å²) in [6, 6.07) is 13.0. The van der Waals surface area contributed by atoms with Crippen molar-refractivity contribution in [1.29, 1.82) is 0 Å². The van der Waals surface area contributed by atoms with Crippen LogP contribution in [0.2, 0.25) is 0 Å². The Morgan fingerprint density at radius 1 is 1.09 bits per heavy atom. The third kappa shape index (κ3) is 3.24. The molecule has 0 saturated carbocycles. The highest BCUT2D eigenvalue weighted by molar-refractivity contribution is 7.90. The molecule has 3 rings (SSSR count). The van der Waals surface area contributed by atoms with Crippen molar-refractivity contribution in [1.82, 2.24) is 13.5 Å². The topological polar surface area (TPSA) is 84.0 Å². The van der Waals surface area contributed by atoms with Crippen LogP contribution in [0.15, 0.2) is 42.5 Å². The third-order valence-corrected chi connectivity index (χ3v) is 4.72. The molecular formula is C14H14N4O2S2. The first-order valence-corrected chi connectivity index (χ1v) is 8.80. The Kier molecular flexibility index (Phi) is 4.06. The molecule has 6 nitrogen and oxygen atoms in total. The predicted molar refractivity (Wildman–Crippen MR) is 88.0 cm³/mol. The lowest BCUT2D eigenvalue weighted by Gasteiger charge is -2.11. The van der Waals surface area contributed by atoms with Crippen molar-refractivity contribution in [2.45, 2.75) is 13.5 Å². The second-order valence-corrected chi connectivity index (χ2v) is 6.83. The van der Waals surface area contributed by atoms with Gasteiger partial charge in [0, 0.05) is 6.54 Å². The Hall–Kier alpha value is -2.03. The van der Waals surface area contributed by atoms with Crippen molar-refractivity contribution in [3.8, 4) is 0 Å². The molecular weight excluding hydrogens is 320 g/mol. The second-order valence-electron chi connectivity index (χ2n) is 4.80. The van der Waals surface area contributed by atoms with Crippen LogP contribution in [0.4, 0.5) is 5.69 Å². The lowest BCUT2D eigenvalue weighted by Crippen LogP contribution is -2.30. The van der Waals surface area contributed by atoms with E-state index in [4.69, 9.17) is 0 Å². The first-order valence-electron chi connectivity index (χ1n) is 6.58. The minimum Gasteiger partial charge on any atom is -0.268 e. The summed E-state index contributed by atoms with van der Waals surface area (Å²) in [6.07, 6.45) is 0. The van der Waals surface area contributed by atoms with E-state index in [1.165, 1.54) is 0 Å². The maximum absolute atomic E-state index is 12.2. The van der Waals surface area contributed by atoms with Crippen molar-refractivity contribution in [3.05, 3.63) is 53.6 Å². The summed E-state index contributed by atoms with van der Waals surface area (Å²) in [5.74, 6) is 0. The lowest BCUT2D eigenvalue weighted by molar-refractivity contribution is 0.587. The third-order valence-electron chi connectivity index (χ3n) is 3.18. The molecule has 22 heavy (non-hydrogen) atoms. The fourth-order valence-electron chi connectivity index (χ4n) is 2.03. The Labute approximate surface area is 132 Å². The molecule has 8 heteroatoms. The van der Waals surface area contributed by atoms with Crippen molar-refractivity contribution >= 4 is 38.7 Å². The molecule has 3 aromatic rings. The molecule has 0 atom stereocenters. The van der Waals surface area contributed by atoms with Gasteiger partial charge in [-0.25, -0.2) is 0 Å². The molecule has 0 fully saturated rings. The summed E-state index contributed by atoms with van der Waals surface area (Å²) in [5, 5.41) is 0. The summed E-state index contributed by atoms with van der Waals surface area (Å²) in [6.45, 7) is 2.05. The number of hydrogen-bond donors (Lipinski definition) is 2. The number of benzene rings is 2. The number of hydrogen-bond acceptors (Lipinski definition) is 5. The van der Waals surface area contributed by atoms with Crippen LogP contribution in [0, 0.1) is 6.92 Å². The maximum atomic E-state index is 12.2.